The number of rotatable bonds is 4. The van der Waals surface area contributed by atoms with Gasteiger partial charge in [0.05, 0.1) is 0 Å². The molecule has 0 aliphatic rings. The van der Waals surface area contributed by atoms with E-state index in [4.69, 9.17) is 5.11 Å². The van der Waals surface area contributed by atoms with Gasteiger partial charge in [0.25, 0.3) is 0 Å². The summed E-state index contributed by atoms with van der Waals surface area (Å²) in [5, 5.41) is 12.8. The SMILES string of the molecule is CCc1cn(CCCO)nc1Br. The fraction of sp³-hybridized carbons (Fsp3) is 0.625. The van der Waals surface area contributed by atoms with Crippen molar-refractivity contribution in [3.05, 3.63) is 16.4 Å². The van der Waals surface area contributed by atoms with E-state index in [1.165, 1.54) is 5.56 Å². The van der Waals surface area contributed by atoms with Gasteiger partial charge in [-0.25, -0.2) is 0 Å². The highest BCUT2D eigenvalue weighted by molar-refractivity contribution is 9.10. The molecule has 0 saturated carbocycles. The second kappa shape index (κ2) is 4.62. The fourth-order valence-electron chi connectivity index (χ4n) is 1.02. The van der Waals surface area contributed by atoms with Crippen molar-refractivity contribution in [2.75, 3.05) is 6.61 Å². The lowest BCUT2D eigenvalue weighted by molar-refractivity contribution is 0.277. The maximum Gasteiger partial charge on any atom is 0.131 e. The minimum atomic E-state index is 0.221. The number of aliphatic hydroxyl groups is 1. The van der Waals surface area contributed by atoms with Crippen LogP contribution in [-0.4, -0.2) is 21.5 Å². The third kappa shape index (κ3) is 2.32. The number of nitrogens with zero attached hydrogens (tertiary/aromatic N) is 2. The zero-order chi connectivity index (χ0) is 8.97. The standard InChI is InChI=1S/C8H13BrN2O/c1-2-7-6-11(4-3-5-12)10-8(7)9/h6,12H,2-5H2,1H3. The maximum atomic E-state index is 8.61. The van der Waals surface area contributed by atoms with Crippen molar-refractivity contribution in [2.24, 2.45) is 0 Å². The molecule has 0 atom stereocenters. The lowest BCUT2D eigenvalue weighted by Crippen LogP contribution is -2.00. The molecule has 68 valence electrons. The Hall–Kier alpha value is -0.350. The number of aromatic nitrogens is 2. The van der Waals surface area contributed by atoms with Crippen LogP contribution in [0.4, 0.5) is 0 Å². The van der Waals surface area contributed by atoms with E-state index in [2.05, 4.69) is 28.0 Å². The first-order valence-corrected chi connectivity index (χ1v) is 4.90. The van der Waals surface area contributed by atoms with E-state index < -0.39 is 0 Å². The Morgan fingerprint density at radius 1 is 1.67 bits per heavy atom. The molecule has 0 amide bonds. The fourth-order valence-corrected chi connectivity index (χ4v) is 1.61. The Kier molecular flexibility index (Phi) is 3.75. The number of hydrogen-bond donors (Lipinski definition) is 1. The first kappa shape index (κ1) is 9.74. The van der Waals surface area contributed by atoms with Gasteiger partial charge < -0.3 is 5.11 Å². The third-order valence-electron chi connectivity index (χ3n) is 1.71. The minimum absolute atomic E-state index is 0.221. The Balaban J connectivity index is 2.62. The highest BCUT2D eigenvalue weighted by atomic mass is 79.9. The number of hydrogen-bond acceptors (Lipinski definition) is 2. The summed E-state index contributed by atoms with van der Waals surface area (Å²) in [4.78, 5) is 0. The second-order valence-electron chi connectivity index (χ2n) is 2.64. The summed E-state index contributed by atoms with van der Waals surface area (Å²) in [6.07, 6.45) is 3.76. The molecule has 0 radical (unpaired) electrons. The van der Waals surface area contributed by atoms with E-state index in [1.54, 1.807) is 0 Å². The van der Waals surface area contributed by atoms with Crippen molar-refractivity contribution in [3.63, 3.8) is 0 Å². The largest absolute Gasteiger partial charge is 0.396 e. The van der Waals surface area contributed by atoms with Gasteiger partial charge in [-0.05, 0) is 28.8 Å². The molecule has 1 N–H and O–H groups in total. The number of halogens is 1. The van der Waals surface area contributed by atoms with Crippen molar-refractivity contribution in [1.82, 2.24) is 9.78 Å². The summed E-state index contributed by atoms with van der Waals surface area (Å²) in [5.74, 6) is 0. The molecule has 0 aromatic carbocycles. The highest BCUT2D eigenvalue weighted by Crippen LogP contribution is 2.14. The van der Waals surface area contributed by atoms with E-state index >= 15 is 0 Å². The molecule has 0 spiro atoms. The molecule has 1 rings (SSSR count). The average molecular weight is 233 g/mol. The van der Waals surface area contributed by atoms with E-state index in [-0.39, 0.29) is 6.61 Å². The minimum Gasteiger partial charge on any atom is -0.396 e. The molecule has 0 unspecified atom stereocenters. The van der Waals surface area contributed by atoms with Crippen LogP contribution in [0.15, 0.2) is 10.8 Å². The van der Waals surface area contributed by atoms with Crippen molar-refractivity contribution < 1.29 is 5.11 Å². The van der Waals surface area contributed by atoms with Gasteiger partial charge in [-0.15, -0.1) is 0 Å². The Morgan fingerprint density at radius 3 is 2.92 bits per heavy atom. The molecule has 0 fully saturated rings. The molecule has 1 aromatic heterocycles. The lowest BCUT2D eigenvalue weighted by Gasteiger charge is -1.96. The highest BCUT2D eigenvalue weighted by Gasteiger charge is 2.02. The van der Waals surface area contributed by atoms with Crippen LogP contribution in [0.3, 0.4) is 0 Å². The van der Waals surface area contributed by atoms with E-state index in [9.17, 15) is 0 Å². The molecule has 1 aromatic rings. The monoisotopic (exact) mass is 232 g/mol. The van der Waals surface area contributed by atoms with E-state index in [0.29, 0.717) is 0 Å². The molecule has 1 heterocycles. The van der Waals surface area contributed by atoms with Gasteiger partial charge in [0.2, 0.25) is 0 Å². The van der Waals surface area contributed by atoms with E-state index in [0.717, 1.165) is 24.0 Å². The van der Waals surface area contributed by atoms with Crippen LogP contribution in [-0.2, 0) is 13.0 Å². The summed E-state index contributed by atoms with van der Waals surface area (Å²) in [7, 11) is 0. The van der Waals surface area contributed by atoms with Gasteiger partial charge in [0.1, 0.15) is 4.60 Å². The molecule has 0 saturated heterocycles. The van der Waals surface area contributed by atoms with Gasteiger partial charge in [-0.3, -0.25) is 4.68 Å². The summed E-state index contributed by atoms with van der Waals surface area (Å²) in [6.45, 7) is 3.10. The van der Waals surface area contributed by atoms with Crippen LogP contribution < -0.4 is 0 Å². The second-order valence-corrected chi connectivity index (χ2v) is 3.39. The van der Waals surface area contributed by atoms with Crippen LogP contribution >= 0.6 is 15.9 Å². The van der Waals surface area contributed by atoms with Crippen molar-refractivity contribution >= 4 is 15.9 Å². The Labute approximate surface area is 80.5 Å². The van der Waals surface area contributed by atoms with Crippen LogP contribution in [0.1, 0.15) is 18.9 Å². The van der Waals surface area contributed by atoms with Crippen LogP contribution in [0.2, 0.25) is 0 Å². The average Bonchev–Trinajstić information content (AvgIpc) is 2.43. The van der Waals surface area contributed by atoms with Crippen molar-refractivity contribution in [3.8, 4) is 0 Å². The van der Waals surface area contributed by atoms with Crippen LogP contribution in [0, 0.1) is 0 Å². The molecular weight excluding hydrogens is 220 g/mol. The number of aliphatic hydroxyl groups excluding tert-OH is 1. The van der Waals surface area contributed by atoms with Gasteiger partial charge in [-0.2, -0.15) is 5.10 Å². The molecule has 0 aliphatic heterocycles. The predicted octanol–water partition coefficient (Wildman–Crippen LogP) is 1.59. The first-order valence-electron chi connectivity index (χ1n) is 4.10. The third-order valence-corrected chi connectivity index (χ3v) is 2.38. The van der Waals surface area contributed by atoms with Crippen molar-refractivity contribution in [1.29, 1.82) is 0 Å². The molecule has 12 heavy (non-hydrogen) atoms. The van der Waals surface area contributed by atoms with Gasteiger partial charge in [0, 0.05) is 24.9 Å². The molecule has 0 aliphatic carbocycles. The molecule has 3 nitrogen and oxygen atoms in total. The summed E-state index contributed by atoms with van der Waals surface area (Å²) in [5.41, 5.74) is 1.22. The zero-order valence-electron chi connectivity index (χ0n) is 7.13. The summed E-state index contributed by atoms with van der Waals surface area (Å²) >= 11 is 3.37. The smallest absolute Gasteiger partial charge is 0.131 e. The quantitative estimate of drug-likeness (QED) is 0.857. The predicted molar refractivity (Wildman–Crippen MR) is 51.0 cm³/mol. The van der Waals surface area contributed by atoms with Gasteiger partial charge >= 0.3 is 0 Å². The molecule has 4 heteroatoms. The van der Waals surface area contributed by atoms with Crippen molar-refractivity contribution in [2.45, 2.75) is 26.3 Å². The Morgan fingerprint density at radius 2 is 2.42 bits per heavy atom. The lowest BCUT2D eigenvalue weighted by atomic mass is 10.3. The van der Waals surface area contributed by atoms with Gasteiger partial charge in [0.15, 0.2) is 0 Å². The molecular formula is C8H13BrN2O. The van der Waals surface area contributed by atoms with Crippen LogP contribution in [0.25, 0.3) is 0 Å². The zero-order valence-corrected chi connectivity index (χ0v) is 8.71. The van der Waals surface area contributed by atoms with Crippen LogP contribution in [0.5, 0.6) is 0 Å². The summed E-state index contributed by atoms with van der Waals surface area (Å²) in [6, 6.07) is 0. The summed E-state index contributed by atoms with van der Waals surface area (Å²) < 4.78 is 2.78. The molecule has 0 bridgehead atoms. The van der Waals surface area contributed by atoms with E-state index in [1.807, 2.05) is 10.9 Å². The maximum absolute atomic E-state index is 8.61. The normalized spacial score (nSPS) is 10.6. The Bertz CT molecular complexity index is 247. The number of aryl methyl sites for hydroxylation is 2. The first-order chi connectivity index (χ1) is 5.77. The topological polar surface area (TPSA) is 38.0 Å². The van der Waals surface area contributed by atoms with Gasteiger partial charge in [-0.1, -0.05) is 6.92 Å².